The summed E-state index contributed by atoms with van der Waals surface area (Å²) in [5.41, 5.74) is 0. The highest BCUT2D eigenvalue weighted by atomic mass is 16.5. The second kappa shape index (κ2) is 12.9. The molecule has 1 heterocycles. The van der Waals surface area contributed by atoms with Crippen LogP contribution in [0.2, 0.25) is 0 Å². The smallest absolute Gasteiger partial charge is 0.305 e. The fourth-order valence-corrected chi connectivity index (χ4v) is 3.27. The van der Waals surface area contributed by atoms with Crippen LogP contribution in [-0.2, 0) is 14.3 Å². The van der Waals surface area contributed by atoms with Gasteiger partial charge in [-0.3, -0.25) is 4.79 Å². The van der Waals surface area contributed by atoms with Crippen molar-refractivity contribution >= 4 is 5.97 Å². The molecule has 3 nitrogen and oxygen atoms in total. The molecule has 130 valence electrons. The number of unbranched alkanes of at least 4 members (excludes halogenated alkanes) is 8. The number of hydrogen-bond acceptors (Lipinski definition) is 3. The Labute approximate surface area is 137 Å². The molecule has 0 bridgehead atoms. The maximum atomic E-state index is 10.9. The first-order valence-electron chi connectivity index (χ1n) is 9.48. The number of esters is 1. The maximum Gasteiger partial charge on any atom is 0.305 e. The van der Waals surface area contributed by atoms with E-state index in [9.17, 15) is 4.79 Å². The molecule has 0 aliphatic carbocycles. The fraction of sp³-hybridized carbons (Fsp3) is 0.947. The van der Waals surface area contributed by atoms with Gasteiger partial charge in [0.25, 0.3) is 0 Å². The standard InChI is InChI=1S/C19H36O3/c1-3-17-15-16-18(22-17)13-11-9-7-5-4-6-8-10-12-14-19(20)21-2/h17-18H,3-16H2,1-2H3/t17-,18+/m1/s1. The van der Waals surface area contributed by atoms with Gasteiger partial charge in [0.2, 0.25) is 0 Å². The lowest BCUT2D eigenvalue weighted by Crippen LogP contribution is -2.09. The zero-order chi connectivity index (χ0) is 16.0. The topological polar surface area (TPSA) is 35.5 Å². The molecular weight excluding hydrogens is 276 g/mol. The van der Waals surface area contributed by atoms with Gasteiger partial charge in [-0.05, 0) is 32.1 Å². The van der Waals surface area contributed by atoms with E-state index in [0.29, 0.717) is 18.6 Å². The summed E-state index contributed by atoms with van der Waals surface area (Å²) >= 11 is 0. The summed E-state index contributed by atoms with van der Waals surface area (Å²) in [6, 6.07) is 0. The third-order valence-corrected chi connectivity index (χ3v) is 4.79. The van der Waals surface area contributed by atoms with Crippen LogP contribution in [0.15, 0.2) is 0 Å². The number of ether oxygens (including phenoxy) is 2. The average molecular weight is 312 g/mol. The van der Waals surface area contributed by atoms with E-state index >= 15 is 0 Å². The van der Waals surface area contributed by atoms with E-state index in [4.69, 9.17) is 4.74 Å². The van der Waals surface area contributed by atoms with Crippen LogP contribution < -0.4 is 0 Å². The largest absolute Gasteiger partial charge is 0.469 e. The highest BCUT2D eigenvalue weighted by Gasteiger charge is 2.22. The molecular formula is C19H36O3. The molecule has 1 aliphatic heterocycles. The van der Waals surface area contributed by atoms with E-state index in [1.165, 1.54) is 77.7 Å². The third kappa shape index (κ3) is 9.45. The van der Waals surface area contributed by atoms with Crippen molar-refractivity contribution in [3.63, 3.8) is 0 Å². The number of carbonyl (C=O) groups excluding carboxylic acids is 1. The molecule has 0 radical (unpaired) electrons. The van der Waals surface area contributed by atoms with Gasteiger partial charge in [0.15, 0.2) is 0 Å². The van der Waals surface area contributed by atoms with Gasteiger partial charge in [-0.15, -0.1) is 0 Å². The summed E-state index contributed by atoms with van der Waals surface area (Å²) in [6.45, 7) is 2.22. The Morgan fingerprint density at radius 3 is 2.00 bits per heavy atom. The predicted octanol–water partition coefficient (Wildman–Crippen LogP) is 5.41. The maximum absolute atomic E-state index is 10.9. The Balaban J connectivity index is 1.76. The quantitative estimate of drug-likeness (QED) is 0.337. The molecule has 0 spiro atoms. The van der Waals surface area contributed by atoms with Crippen molar-refractivity contribution < 1.29 is 14.3 Å². The van der Waals surface area contributed by atoms with E-state index < -0.39 is 0 Å². The van der Waals surface area contributed by atoms with Crippen molar-refractivity contribution in [1.82, 2.24) is 0 Å². The Morgan fingerprint density at radius 1 is 0.909 bits per heavy atom. The number of hydrogen-bond donors (Lipinski definition) is 0. The Hall–Kier alpha value is -0.570. The third-order valence-electron chi connectivity index (χ3n) is 4.79. The van der Waals surface area contributed by atoms with Crippen molar-refractivity contribution in [3.8, 4) is 0 Å². The first-order valence-corrected chi connectivity index (χ1v) is 9.48. The summed E-state index contributed by atoms with van der Waals surface area (Å²) in [5.74, 6) is -0.0727. The van der Waals surface area contributed by atoms with Crippen LogP contribution in [0.5, 0.6) is 0 Å². The summed E-state index contributed by atoms with van der Waals surface area (Å²) in [7, 11) is 1.46. The normalized spacial score (nSPS) is 21.2. The van der Waals surface area contributed by atoms with Crippen LogP contribution in [-0.4, -0.2) is 25.3 Å². The molecule has 1 fully saturated rings. The average Bonchev–Trinajstić information content (AvgIpc) is 3.00. The molecule has 0 saturated carbocycles. The van der Waals surface area contributed by atoms with Crippen LogP contribution in [0.3, 0.4) is 0 Å². The van der Waals surface area contributed by atoms with Crippen LogP contribution in [0.4, 0.5) is 0 Å². The van der Waals surface area contributed by atoms with Gasteiger partial charge >= 0.3 is 5.97 Å². The Bertz CT molecular complexity index is 278. The number of rotatable bonds is 13. The number of carbonyl (C=O) groups is 1. The van der Waals surface area contributed by atoms with Crippen LogP contribution in [0, 0.1) is 0 Å². The van der Waals surface area contributed by atoms with Gasteiger partial charge < -0.3 is 9.47 Å². The minimum atomic E-state index is -0.0727. The Morgan fingerprint density at radius 2 is 1.45 bits per heavy atom. The zero-order valence-corrected chi connectivity index (χ0v) is 14.8. The van der Waals surface area contributed by atoms with E-state index in [1.54, 1.807) is 0 Å². The lowest BCUT2D eigenvalue weighted by Gasteiger charge is -2.11. The molecule has 0 unspecified atom stereocenters. The van der Waals surface area contributed by atoms with E-state index in [2.05, 4.69) is 11.7 Å². The molecule has 3 heteroatoms. The van der Waals surface area contributed by atoms with Crippen molar-refractivity contribution in [2.45, 2.75) is 109 Å². The predicted molar refractivity (Wildman–Crippen MR) is 91.0 cm³/mol. The van der Waals surface area contributed by atoms with Gasteiger partial charge in [0.05, 0.1) is 19.3 Å². The first kappa shape index (κ1) is 19.5. The summed E-state index contributed by atoms with van der Waals surface area (Å²) < 4.78 is 10.6. The lowest BCUT2D eigenvalue weighted by atomic mass is 10.0. The minimum absolute atomic E-state index is 0.0727. The van der Waals surface area contributed by atoms with Crippen LogP contribution >= 0.6 is 0 Å². The highest BCUT2D eigenvalue weighted by molar-refractivity contribution is 5.68. The minimum Gasteiger partial charge on any atom is -0.469 e. The zero-order valence-electron chi connectivity index (χ0n) is 14.8. The molecule has 2 atom stereocenters. The van der Waals surface area contributed by atoms with E-state index in [0.717, 1.165) is 12.8 Å². The molecule has 1 rings (SSSR count). The second-order valence-corrected chi connectivity index (χ2v) is 6.66. The van der Waals surface area contributed by atoms with Gasteiger partial charge in [0.1, 0.15) is 0 Å². The van der Waals surface area contributed by atoms with E-state index in [-0.39, 0.29) is 5.97 Å². The molecule has 0 N–H and O–H groups in total. The van der Waals surface area contributed by atoms with Crippen LogP contribution in [0.1, 0.15) is 96.8 Å². The Kier molecular flexibility index (Phi) is 11.4. The molecule has 0 aromatic heterocycles. The second-order valence-electron chi connectivity index (χ2n) is 6.66. The monoisotopic (exact) mass is 312 g/mol. The summed E-state index contributed by atoms with van der Waals surface area (Å²) in [5, 5.41) is 0. The molecule has 1 aliphatic rings. The van der Waals surface area contributed by atoms with Crippen molar-refractivity contribution in [2.75, 3.05) is 7.11 Å². The van der Waals surface area contributed by atoms with E-state index in [1.807, 2.05) is 0 Å². The fourth-order valence-electron chi connectivity index (χ4n) is 3.27. The van der Waals surface area contributed by atoms with Crippen LogP contribution in [0.25, 0.3) is 0 Å². The van der Waals surface area contributed by atoms with Crippen molar-refractivity contribution in [1.29, 1.82) is 0 Å². The van der Waals surface area contributed by atoms with Crippen molar-refractivity contribution in [3.05, 3.63) is 0 Å². The molecule has 0 aromatic rings. The summed E-state index contributed by atoms with van der Waals surface area (Å²) in [6.07, 6.45) is 18.2. The van der Waals surface area contributed by atoms with Gasteiger partial charge in [-0.25, -0.2) is 0 Å². The van der Waals surface area contributed by atoms with Crippen molar-refractivity contribution in [2.24, 2.45) is 0 Å². The number of methoxy groups -OCH3 is 1. The van der Waals surface area contributed by atoms with Gasteiger partial charge in [-0.1, -0.05) is 58.3 Å². The van der Waals surface area contributed by atoms with Gasteiger partial charge in [0, 0.05) is 6.42 Å². The van der Waals surface area contributed by atoms with Gasteiger partial charge in [-0.2, -0.15) is 0 Å². The lowest BCUT2D eigenvalue weighted by molar-refractivity contribution is -0.140. The molecule has 1 saturated heterocycles. The summed E-state index contributed by atoms with van der Waals surface area (Å²) in [4.78, 5) is 10.9. The molecule has 0 amide bonds. The first-order chi connectivity index (χ1) is 10.8. The SMILES string of the molecule is CC[C@@H]1CC[C@H](CCCCCCCCCCCC(=O)OC)O1. The molecule has 22 heavy (non-hydrogen) atoms. The molecule has 0 aromatic carbocycles. The highest BCUT2D eigenvalue weighted by Crippen LogP contribution is 2.25.